The summed E-state index contributed by atoms with van der Waals surface area (Å²) in [6.45, 7) is 4.02. The average molecular weight is 319 g/mol. The van der Waals surface area contributed by atoms with E-state index in [-0.39, 0.29) is 30.3 Å². The van der Waals surface area contributed by atoms with E-state index in [2.05, 4.69) is 10.4 Å². The smallest absolute Gasteiger partial charge is 0.270 e. The van der Waals surface area contributed by atoms with Gasteiger partial charge in [-0.1, -0.05) is 0 Å². The lowest BCUT2D eigenvalue weighted by atomic mass is 9.53. The number of aliphatic hydroxyl groups is 1. The van der Waals surface area contributed by atoms with E-state index in [1.807, 2.05) is 20.9 Å². The third-order valence-electron chi connectivity index (χ3n) is 5.74. The molecule has 1 spiro atoms. The van der Waals surface area contributed by atoms with Crippen molar-refractivity contribution in [3.63, 3.8) is 0 Å². The second kappa shape index (κ2) is 5.05. The predicted octanol–water partition coefficient (Wildman–Crippen LogP) is 1.48. The van der Waals surface area contributed by atoms with Crippen LogP contribution in [0.1, 0.15) is 67.4 Å². The van der Waals surface area contributed by atoms with Crippen LogP contribution in [0.5, 0.6) is 0 Å². The van der Waals surface area contributed by atoms with Gasteiger partial charge in [-0.3, -0.25) is 9.48 Å². The minimum absolute atomic E-state index is 0.0257. The fourth-order valence-corrected chi connectivity index (χ4v) is 4.76. The van der Waals surface area contributed by atoms with Gasteiger partial charge in [-0.2, -0.15) is 5.10 Å². The van der Waals surface area contributed by atoms with Crippen LogP contribution in [0, 0.1) is 5.41 Å². The van der Waals surface area contributed by atoms with E-state index < -0.39 is 0 Å². The number of amides is 1. The molecular formula is C17H25N3O3. The molecule has 2 saturated carbocycles. The number of aromatic nitrogens is 2. The highest BCUT2D eigenvalue weighted by Gasteiger charge is 2.52. The van der Waals surface area contributed by atoms with Gasteiger partial charge in [0.25, 0.3) is 5.91 Å². The fraction of sp³-hybridized carbons (Fsp3) is 0.765. The van der Waals surface area contributed by atoms with Crippen molar-refractivity contribution in [1.82, 2.24) is 15.1 Å². The number of hydrogen-bond donors (Lipinski definition) is 2. The zero-order chi connectivity index (χ0) is 16.4. The van der Waals surface area contributed by atoms with Crippen molar-refractivity contribution in [1.29, 1.82) is 0 Å². The highest BCUT2D eigenvalue weighted by atomic mass is 16.5. The topological polar surface area (TPSA) is 76.4 Å². The van der Waals surface area contributed by atoms with Crippen LogP contribution < -0.4 is 5.32 Å². The lowest BCUT2D eigenvalue weighted by Gasteiger charge is -2.56. The van der Waals surface area contributed by atoms with Gasteiger partial charge in [0.05, 0.1) is 24.0 Å². The number of rotatable bonds is 2. The number of nitrogens with zero attached hydrogens (tertiary/aromatic N) is 2. The molecule has 2 aliphatic carbocycles. The first-order valence-corrected chi connectivity index (χ1v) is 8.57. The summed E-state index contributed by atoms with van der Waals surface area (Å²) in [5, 5.41) is 17.1. The lowest BCUT2D eigenvalue weighted by Crippen LogP contribution is -2.57. The van der Waals surface area contributed by atoms with E-state index in [9.17, 15) is 9.90 Å². The minimum Gasteiger partial charge on any atom is -0.393 e. The van der Waals surface area contributed by atoms with Gasteiger partial charge in [0.1, 0.15) is 5.69 Å². The van der Waals surface area contributed by atoms with E-state index in [0.29, 0.717) is 11.1 Å². The molecule has 0 saturated heterocycles. The summed E-state index contributed by atoms with van der Waals surface area (Å²) < 4.78 is 7.50. The number of carbonyl (C=O) groups is 1. The van der Waals surface area contributed by atoms with Crippen molar-refractivity contribution in [2.75, 3.05) is 0 Å². The number of fused-ring (bicyclic) bond motifs is 1. The van der Waals surface area contributed by atoms with Gasteiger partial charge in [-0.05, 0) is 44.9 Å². The van der Waals surface area contributed by atoms with Crippen molar-refractivity contribution in [2.24, 2.45) is 12.5 Å². The number of aryl methyl sites for hydroxylation is 1. The molecule has 3 aliphatic rings. The molecule has 1 aliphatic heterocycles. The van der Waals surface area contributed by atoms with Crippen molar-refractivity contribution in [3.8, 4) is 0 Å². The number of carbonyl (C=O) groups excluding carboxylic acids is 1. The summed E-state index contributed by atoms with van der Waals surface area (Å²) in [5.41, 5.74) is 2.91. The molecule has 23 heavy (non-hydrogen) atoms. The number of hydrogen-bond acceptors (Lipinski definition) is 4. The van der Waals surface area contributed by atoms with E-state index >= 15 is 0 Å². The standard InChI is InChI=1S/C17H25N3O3/c1-9-4-13-14(10(2)23-9)19-20(3)15(13)16(22)18-11-5-17(6-11)7-12(21)8-17/h9-12,21H,4-8H2,1-3H3,(H,18,22)/t9-,10+,11?,12?,17?/m1/s1. The second-order valence-electron chi connectivity index (χ2n) is 7.77. The van der Waals surface area contributed by atoms with Crippen molar-refractivity contribution in [2.45, 2.75) is 70.3 Å². The molecule has 1 amide bonds. The molecule has 126 valence electrons. The van der Waals surface area contributed by atoms with E-state index in [1.54, 1.807) is 4.68 Å². The van der Waals surface area contributed by atoms with Crippen LogP contribution in [0.3, 0.4) is 0 Å². The zero-order valence-electron chi connectivity index (χ0n) is 14.0. The number of aliphatic hydroxyl groups excluding tert-OH is 1. The number of ether oxygens (including phenoxy) is 1. The van der Waals surface area contributed by atoms with Crippen molar-refractivity contribution >= 4 is 5.91 Å². The summed E-state index contributed by atoms with van der Waals surface area (Å²) in [4.78, 5) is 12.7. The third-order valence-corrected chi connectivity index (χ3v) is 5.74. The maximum atomic E-state index is 12.7. The monoisotopic (exact) mass is 319 g/mol. The molecule has 0 aromatic carbocycles. The first-order chi connectivity index (χ1) is 10.9. The highest BCUT2D eigenvalue weighted by Crippen LogP contribution is 2.55. The van der Waals surface area contributed by atoms with Gasteiger partial charge in [-0.15, -0.1) is 0 Å². The van der Waals surface area contributed by atoms with Crippen LogP contribution in [0.15, 0.2) is 0 Å². The Bertz CT molecular complexity index is 640. The van der Waals surface area contributed by atoms with Gasteiger partial charge < -0.3 is 15.2 Å². The summed E-state index contributed by atoms with van der Waals surface area (Å²) in [6.07, 6.45) is 4.43. The molecule has 2 fully saturated rings. The van der Waals surface area contributed by atoms with Gasteiger partial charge in [0.15, 0.2) is 0 Å². The first kappa shape index (κ1) is 15.1. The Morgan fingerprint density at radius 3 is 2.70 bits per heavy atom. The molecule has 2 N–H and O–H groups in total. The molecule has 2 atom stereocenters. The normalized spacial score (nSPS) is 38.6. The Hall–Kier alpha value is -1.40. The molecule has 1 aromatic heterocycles. The second-order valence-corrected chi connectivity index (χ2v) is 7.77. The summed E-state index contributed by atoms with van der Waals surface area (Å²) >= 11 is 0. The molecule has 0 radical (unpaired) electrons. The molecular weight excluding hydrogens is 294 g/mol. The highest BCUT2D eigenvalue weighted by molar-refractivity contribution is 5.94. The van der Waals surface area contributed by atoms with Crippen LogP contribution in [0.2, 0.25) is 0 Å². The Morgan fingerprint density at radius 2 is 2.04 bits per heavy atom. The minimum atomic E-state index is -0.126. The Labute approximate surface area is 136 Å². The molecule has 6 heteroatoms. The first-order valence-electron chi connectivity index (χ1n) is 8.57. The van der Waals surface area contributed by atoms with Gasteiger partial charge in [0, 0.05) is 25.1 Å². The van der Waals surface area contributed by atoms with E-state index in [4.69, 9.17) is 4.74 Å². The fourth-order valence-electron chi connectivity index (χ4n) is 4.76. The molecule has 0 unspecified atom stereocenters. The quantitative estimate of drug-likeness (QED) is 0.865. The maximum Gasteiger partial charge on any atom is 0.270 e. The average Bonchev–Trinajstić information content (AvgIpc) is 2.71. The number of nitrogens with one attached hydrogen (secondary N) is 1. The Morgan fingerprint density at radius 1 is 1.35 bits per heavy atom. The van der Waals surface area contributed by atoms with Crippen LogP contribution in [0.4, 0.5) is 0 Å². The van der Waals surface area contributed by atoms with E-state index in [0.717, 1.165) is 43.4 Å². The van der Waals surface area contributed by atoms with Crippen molar-refractivity contribution in [3.05, 3.63) is 17.0 Å². The Kier molecular flexibility index (Phi) is 3.32. The van der Waals surface area contributed by atoms with Gasteiger partial charge in [0.2, 0.25) is 0 Å². The van der Waals surface area contributed by atoms with Gasteiger partial charge >= 0.3 is 0 Å². The largest absolute Gasteiger partial charge is 0.393 e. The third kappa shape index (κ3) is 2.39. The lowest BCUT2D eigenvalue weighted by molar-refractivity contribution is -0.0950. The molecule has 6 nitrogen and oxygen atoms in total. The summed E-state index contributed by atoms with van der Waals surface area (Å²) in [6, 6.07) is 0.232. The summed E-state index contributed by atoms with van der Waals surface area (Å²) in [7, 11) is 1.83. The molecule has 1 aromatic rings. The SMILES string of the molecule is C[C@@H]1Cc2c(nn(C)c2C(=O)NC2CC3(CC(O)C3)C2)[C@H](C)O1. The zero-order valence-corrected chi connectivity index (χ0v) is 14.0. The van der Waals surface area contributed by atoms with E-state index in [1.165, 1.54) is 0 Å². The van der Waals surface area contributed by atoms with Gasteiger partial charge in [-0.25, -0.2) is 0 Å². The predicted molar refractivity (Wildman–Crippen MR) is 84.0 cm³/mol. The maximum absolute atomic E-state index is 12.7. The molecule has 2 heterocycles. The molecule has 0 bridgehead atoms. The van der Waals surface area contributed by atoms with Crippen LogP contribution >= 0.6 is 0 Å². The Balaban J connectivity index is 1.47. The van der Waals surface area contributed by atoms with Crippen LogP contribution in [0.25, 0.3) is 0 Å². The van der Waals surface area contributed by atoms with Crippen LogP contribution in [-0.4, -0.2) is 39.0 Å². The van der Waals surface area contributed by atoms with Crippen molar-refractivity contribution < 1.29 is 14.6 Å². The van der Waals surface area contributed by atoms with Crippen LogP contribution in [-0.2, 0) is 18.2 Å². The molecule has 4 rings (SSSR count). The summed E-state index contributed by atoms with van der Waals surface area (Å²) in [5.74, 6) is -0.0257.